The molecule has 0 radical (unpaired) electrons. The van der Waals surface area contributed by atoms with Gasteiger partial charge in [-0.3, -0.25) is 0 Å². The van der Waals surface area contributed by atoms with Crippen LogP contribution in [0, 0.1) is 5.82 Å². The molecule has 1 rings (SSSR count). The Labute approximate surface area is 79.6 Å². The summed E-state index contributed by atoms with van der Waals surface area (Å²) in [5.41, 5.74) is -0.308. The smallest absolute Gasteiger partial charge is 0.337 e. The lowest BCUT2D eigenvalue weighted by Crippen LogP contribution is -2.12. The first kappa shape index (κ1) is 10.5. The Morgan fingerprint density at radius 1 is 1.57 bits per heavy atom. The minimum atomic E-state index is -1.87. The van der Waals surface area contributed by atoms with Crippen LogP contribution in [0.4, 0.5) is 4.39 Å². The Balaban J connectivity index is 3.11. The van der Waals surface area contributed by atoms with Crippen molar-refractivity contribution in [1.29, 1.82) is 0 Å². The molecule has 0 bridgehead atoms. The standard InChI is InChI=1S/C9H9FO4/c1-14-5-2-3-7(10)6(4-5)8(11)9(12)13/h2-4,8,11H,1H3,(H,12,13)/t8-/m1/s1. The van der Waals surface area contributed by atoms with Gasteiger partial charge in [0.15, 0.2) is 6.10 Å². The van der Waals surface area contributed by atoms with Crippen LogP contribution >= 0.6 is 0 Å². The van der Waals surface area contributed by atoms with Gasteiger partial charge in [0.1, 0.15) is 11.6 Å². The van der Waals surface area contributed by atoms with Gasteiger partial charge in [-0.25, -0.2) is 9.18 Å². The molecule has 0 saturated heterocycles. The number of carboxylic acids is 1. The van der Waals surface area contributed by atoms with Crippen molar-refractivity contribution in [2.75, 3.05) is 7.11 Å². The molecular formula is C9H9FO4. The van der Waals surface area contributed by atoms with Gasteiger partial charge in [0.25, 0.3) is 0 Å². The third kappa shape index (κ3) is 2.00. The van der Waals surface area contributed by atoms with Gasteiger partial charge in [0.05, 0.1) is 7.11 Å². The van der Waals surface area contributed by atoms with Gasteiger partial charge in [-0.15, -0.1) is 0 Å². The number of hydrogen-bond donors (Lipinski definition) is 2. The van der Waals surface area contributed by atoms with E-state index in [0.717, 1.165) is 12.1 Å². The highest BCUT2D eigenvalue weighted by atomic mass is 19.1. The number of benzene rings is 1. The second kappa shape index (κ2) is 4.06. The highest BCUT2D eigenvalue weighted by molar-refractivity contribution is 5.74. The maximum absolute atomic E-state index is 13.0. The lowest BCUT2D eigenvalue weighted by atomic mass is 10.1. The van der Waals surface area contributed by atoms with Crippen molar-refractivity contribution in [3.63, 3.8) is 0 Å². The van der Waals surface area contributed by atoms with Crippen molar-refractivity contribution < 1.29 is 24.1 Å². The molecule has 0 aromatic heterocycles. The number of rotatable bonds is 3. The molecule has 14 heavy (non-hydrogen) atoms. The molecule has 0 spiro atoms. The average Bonchev–Trinajstić information content (AvgIpc) is 2.17. The number of hydrogen-bond acceptors (Lipinski definition) is 3. The number of aliphatic hydroxyl groups is 1. The summed E-state index contributed by atoms with van der Waals surface area (Å²) in [6.45, 7) is 0. The zero-order valence-electron chi connectivity index (χ0n) is 7.40. The van der Waals surface area contributed by atoms with E-state index < -0.39 is 17.9 Å². The molecule has 0 amide bonds. The molecule has 0 aliphatic rings. The minimum Gasteiger partial charge on any atom is -0.497 e. The summed E-state index contributed by atoms with van der Waals surface area (Å²) in [7, 11) is 1.37. The number of carbonyl (C=O) groups is 1. The fourth-order valence-corrected chi connectivity index (χ4v) is 0.991. The van der Waals surface area contributed by atoms with Crippen molar-refractivity contribution in [2.24, 2.45) is 0 Å². The Morgan fingerprint density at radius 2 is 2.21 bits per heavy atom. The van der Waals surface area contributed by atoms with Gasteiger partial charge < -0.3 is 14.9 Å². The van der Waals surface area contributed by atoms with E-state index in [0.29, 0.717) is 5.75 Å². The lowest BCUT2D eigenvalue weighted by molar-refractivity contribution is -0.147. The van der Waals surface area contributed by atoms with Gasteiger partial charge in [0.2, 0.25) is 0 Å². The van der Waals surface area contributed by atoms with Crippen LogP contribution in [0.15, 0.2) is 18.2 Å². The van der Waals surface area contributed by atoms with Crippen LogP contribution in [0.1, 0.15) is 11.7 Å². The largest absolute Gasteiger partial charge is 0.497 e. The molecule has 1 atom stereocenters. The summed E-state index contributed by atoms with van der Waals surface area (Å²) >= 11 is 0. The molecule has 0 heterocycles. The number of aliphatic hydroxyl groups excluding tert-OH is 1. The number of methoxy groups -OCH3 is 1. The number of aliphatic carboxylic acids is 1. The normalized spacial score (nSPS) is 12.2. The van der Waals surface area contributed by atoms with E-state index in [4.69, 9.17) is 14.9 Å². The van der Waals surface area contributed by atoms with Gasteiger partial charge in [0, 0.05) is 5.56 Å². The molecule has 4 nitrogen and oxygen atoms in total. The third-order valence-electron chi connectivity index (χ3n) is 1.73. The van der Waals surface area contributed by atoms with E-state index in [9.17, 15) is 9.18 Å². The molecule has 1 aromatic rings. The van der Waals surface area contributed by atoms with Crippen LogP contribution in [0.5, 0.6) is 5.75 Å². The third-order valence-corrected chi connectivity index (χ3v) is 1.73. The number of ether oxygens (including phenoxy) is 1. The molecule has 5 heteroatoms. The van der Waals surface area contributed by atoms with E-state index >= 15 is 0 Å². The molecule has 2 N–H and O–H groups in total. The summed E-state index contributed by atoms with van der Waals surface area (Å²) in [6.07, 6.45) is -1.87. The number of halogens is 1. The van der Waals surface area contributed by atoms with Gasteiger partial charge in [-0.1, -0.05) is 0 Å². The second-order valence-corrected chi connectivity index (χ2v) is 2.63. The zero-order chi connectivity index (χ0) is 10.7. The maximum atomic E-state index is 13.0. The van der Waals surface area contributed by atoms with Crippen molar-refractivity contribution in [2.45, 2.75) is 6.10 Å². The molecule has 0 aliphatic heterocycles. The second-order valence-electron chi connectivity index (χ2n) is 2.63. The van der Waals surface area contributed by atoms with Crippen LogP contribution in [-0.2, 0) is 4.79 Å². The summed E-state index contributed by atoms with van der Waals surface area (Å²) in [5, 5.41) is 17.6. The molecule has 0 saturated carbocycles. The highest BCUT2D eigenvalue weighted by Crippen LogP contribution is 2.22. The Kier molecular flexibility index (Phi) is 3.03. The number of carboxylic acid groups (broad SMARTS) is 1. The van der Waals surface area contributed by atoms with Crippen LogP contribution in [0.25, 0.3) is 0 Å². The molecule has 0 aliphatic carbocycles. The predicted molar refractivity (Wildman–Crippen MR) is 45.5 cm³/mol. The summed E-state index contributed by atoms with van der Waals surface area (Å²) in [4.78, 5) is 10.4. The predicted octanol–water partition coefficient (Wildman–Crippen LogP) is 0.952. The van der Waals surface area contributed by atoms with Gasteiger partial charge >= 0.3 is 5.97 Å². The van der Waals surface area contributed by atoms with E-state index in [1.54, 1.807) is 0 Å². The molecular weight excluding hydrogens is 191 g/mol. The monoisotopic (exact) mass is 200 g/mol. The molecule has 1 aromatic carbocycles. The summed E-state index contributed by atoms with van der Waals surface area (Å²) in [6, 6.07) is 3.53. The Bertz CT molecular complexity index is 351. The fraction of sp³-hybridized carbons (Fsp3) is 0.222. The van der Waals surface area contributed by atoms with Gasteiger partial charge in [-0.2, -0.15) is 0 Å². The fourth-order valence-electron chi connectivity index (χ4n) is 0.991. The zero-order valence-corrected chi connectivity index (χ0v) is 7.40. The highest BCUT2D eigenvalue weighted by Gasteiger charge is 2.20. The Morgan fingerprint density at radius 3 is 2.71 bits per heavy atom. The molecule has 76 valence electrons. The van der Waals surface area contributed by atoms with Crippen LogP contribution in [0.3, 0.4) is 0 Å². The first-order chi connectivity index (χ1) is 6.56. The molecule has 0 unspecified atom stereocenters. The van der Waals surface area contributed by atoms with Crippen molar-refractivity contribution in [3.05, 3.63) is 29.6 Å². The van der Waals surface area contributed by atoms with E-state index in [-0.39, 0.29) is 5.56 Å². The first-order valence-corrected chi connectivity index (χ1v) is 3.80. The van der Waals surface area contributed by atoms with Gasteiger partial charge in [-0.05, 0) is 18.2 Å². The van der Waals surface area contributed by atoms with Crippen molar-refractivity contribution in [1.82, 2.24) is 0 Å². The first-order valence-electron chi connectivity index (χ1n) is 3.80. The van der Waals surface area contributed by atoms with Crippen LogP contribution < -0.4 is 4.74 Å². The quantitative estimate of drug-likeness (QED) is 0.762. The topological polar surface area (TPSA) is 66.8 Å². The van der Waals surface area contributed by atoms with E-state index in [1.807, 2.05) is 0 Å². The summed E-state index contributed by atoms with van der Waals surface area (Å²) in [5.74, 6) is -1.99. The Hall–Kier alpha value is -1.62. The molecule has 0 fully saturated rings. The maximum Gasteiger partial charge on any atom is 0.337 e. The average molecular weight is 200 g/mol. The van der Waals surface area contributed by atoms with E-state index in [1.165, 1.54) is 13.2 Å². The minimum absolute atomic E-state index is 0.293. The van der Waals surface area contributed by atoms with Crippen molar-refractivity contribution >= 4 is 5.97 Å². The SMILES string of the molecule is COc1ccc(F)c([C@@H](O)C(=O)O)c1. The van der Waals surface area contributed by atoms with Crippen LogP contribution in [-0.4, -0.2) is 23.3 Å². The van der Waals surface area contributed by atoms with Crippen molar-refractivity contribution in [3.8, 4) is 5.75 Å². The van der Waals surface area contributed by atoms with E-state index in [2.05, 4.69) is 0 Å². The summed E-state index contributed by atoms with van der Waals surface area (Å²) < 4.78 is 17.8. The lowest BCUT2D eigenvalue weighted by Gasteiger charge is -2.08. The van der Waals surface area contributed by atoms with Crippen LogP contribution in [0.2, 0.25) is 0 Å².